The van der Waals surface area contributed by atoms with Gasteiger partial charge in [0.05, 0.1) is 25.3 Å². The van der Waals surface area contributed by atoms with Crippen molar-refractivity contribution in [2.24, 2.45) is 5.92 Å². The monoisotopic (exact) mass is 460 g/mol. The quantitative estimate of drug-likeness (QED) is 0.581. The fourth-order valence-electron chi connectivity index (χ4n) is 3.93. The number of ether oxygens (including phenoxy) is 3. The lowest BCUT2D eigenvalue weighted by Crippen LogP contribution is -2.43. The average Bonchev–Trinajstić information content (AvgIpc) is 3.23. The number of hydrogen-bond donors (Lipinski definition) is 2. The van der Waals surface area contributed by atoms with Crippen LogP contribution in [0.4, 0.5) is 0 Å². The Morgan fingerprint density at radius 1 is 1.22 bits per heavy atom. The van der Waals surface area contributed by atoms with Crippen molar-refractivity contribution in [1.82, 2.24) is 20.1 Å². The van der Waals surface area contributed by atoms with Gasteiger partial charge >= 0.3 is 0 Å². The topological polar surface area (TPSA) is 79.1 Å². The number of aromatic amines is 1. The summed E-state index contributed by atoms with van der Waals surface area (Å²) in [5.41, 5.74) is 1.31. The summed E-state index contributed by atoms with van der Waals surface area (Å²) in [7, 11) is 0. The van der Waals surface area contributed by atoms with Crippen molar-refractivity contribution in [3.8, 4) is 11.5 Å². The summed E-state index contributed by atoms with van der Waals surface area (Å²) in [6.07, 6.45) is 0.966. The summed E-state index contributed by atoms with van der Waals surface area (Å²) in [4.78, 5) is 20.3. The zero-order valence-electron chi connectivity index (χ0n) is 18.8. The van der Waals surface area contributed by atoms with Crippen molar-refractivity contribution in [3.05, 3.63) is 34.1 Å². The first kappa shape index (κ1) is 22.8. The molecular formula is C23H32N4O4S. The first-order valence-electron chi connectivity index (χ1n) is 11.3. The molecule has 0 bridgehead atoms. The molecule has 32 heavy (non-hydrogen) atoms. The minimum absolute atomic E-state index is 0.110. The molecule has 8 nitrogen and oxygen atoms in total. The molecule has 0 spiro atoms. The standard InChI is InChI=1S/C23H32N4O4S/c1-16(2)13-24-23(32)27(5-3-4-26-6-8-29-9-7-26)14-18-10-17-11-20-21(31-15-30-20)12-19(17)25-22(18)28/h10-12,16H,3-9,13-15H2,1-2H3,(H,24,32)(H,25,28). The Morgan fingerprint density at radius 2 is 1.97 bits per heavy atom. The van der Waals surface area contributed by atoms with Crippen molar-refractivity contribution in [3.63, 3.8) is 0 Å². The van der Waals surface area contributed by atoms with E-state index in [2.05, 4.69) is 33.9 Å². The van der Waals surface area contributed by atoms with Crippen molar-refractivity contribution >= 4 is 28.2 Å². The molecule has 9 heteroatoms. The smallest absolute Gasteiger partial charge is 0.253 e. The number of hydrogen-bond acceptors (Lipinski definition) is 6. The predicted octanol–water partition coefficient (Wildman–Crippen LogP) is 2.31. The molecule has 0 saturated carbocycles. The van der Waals surface area contributed by atoms with Gasteiger partial charge in [-0.15, -0.1) is 0 Å². The van der Waals surface area contributed by atoms with Gasteiger partial charge < -0.3 is 29.4 Å². The van der Waals surface area contributed by atoms with Crippen molar-refractivity contribution in [2.75, 3.05) is 52.7 Å². The van der Waals surface area contributed by atoms with Crippen LogP contribution in [0.3, 0.4) is 0 Å². The lowest BCUT2D eigenvalue weighted by Gasteiger charge is -2.30. The minimum atomic E-state index is -0.110. The van der Waals surface area contributed by atoms with Crippen molar-refractivity contribution in [2.45, 2.75) is 26.8 Å². The van der Waals surface area contributed by atoms with Crippen LogP contribution in [-0.2, 0) is 11.3 Å². The van der Waals surface area contributed by atoms with E-state index in [1.165, 1.54) is 0 Å². The molecule has 2 aromatic rings. The van der Waals surface area contributed by atoms with E-state index in [1.807, 2.05) is 18.2 Å². The van der Waals surface area contributed by atoms with E-state index in [-0.39, 0.29) is 12.4 Å². The van der Waals surface area contributed by atoms with Crippen LogP contribution < -0.4 is 20.3 Å². The molecule has 1 saturated heterocycles. The number of rotatable bonds is 8. The van der Waals surface area contributed by atoms with E-state index in [9.17, 15) is 4.79 Å². The number of pyridine rings is 1. The van der Waals surface area contributed by atoms with E-state index in [1.54, 1.807) is 0 Å². The number of nitrogens with one attached hydrogen (secondary N) is 2. The van der Waals surface area contributed by atoms with Gasteiger partial charge in [0, 0.05) is 49.7 Å². The van der Waals surface area contributed by atoms with E-state index >= 15 is 0 Å². The normalized spacial score (nSPS) is 16.0. The molecule has 0 atom stereocenters. The fraction of sp³-hybridized carbons (Fsp3) is 0.565. The van der Waals surface area contributed by atoms with Gasteiger partial charge in [-0.3, -0.25) is 9.69 Å². The highest BCUT2D eigenvalue weighted by molar-refractivity contribution is 7.80. The molecule has 4 rings (SSSR count). The zero-order valence-corrected chi connectivity index (χ0v) is 19.6. The maximum absolute atomic E-state index is 12.8. The second kappa shape index (κ2) is 10.5. The van der Waals surface area contributed by atoms with E-state index in [0.29, 0.717) is 34.6 Å². The highest BCUT2D eigenvalue weighted by Gasteiger charge is 2.18. The molecule has 1 aromatic heterocycles. The third-order valence-electron chi connectivity index (χ3n) is 5.73. The van der Waals surface area contributed by atoms with Crippen LogP contribution in [0, 0.1) is 5.92 Å². The van der Waals surface area contributed by atoms with Gasteiger partial charge in [0.15, 0.2) is 16.6 Å². The fourth-order valence-corrected chi connectivity index (χ4v) is 4.17. The van der Waals surface area contributed by atoms with Crippen LogP contribution >= 0.6 is 12.2 Å². The number of benzene rings is 1. The van der Waals surface area contributed by atoms with E-state index in [4.69, 9.17) is 26.4 Å². The van der Waals surface area contributed by atoms with Gasteiger partial charge in [0.1, 0.15) is 0 Å². The van der Waals surface area contributed by atoms with Gasteiger partial charge in [0.25, 0.3) is 5.56 Å². The molecule has 3 heterocycles. The van der Waals surface area contributed by atoms with Crippen LogP contribution in [-0.4, -0.2) is 72.6 Å². The largest absolute Gasteiger partial charge is 0.454 e. The number of H-pyrrole nitrogens is 1. The SMILES string of the molecule is CC(C)CNC(=S)N(CCCN1CCOCC1)Cc1cc2cc3c(cc2[nH]c1=O)OCO3. The number of thiocarbonyl (C=S) groups is 1. The molecular weight excluding hydrogens is 428 g/mol. The molecule has 174 valence electrons. The Kier molecular flexibility index (Phi) is 7.49. The average molecular weight is 461 g/mol. The van der Waals surface area contributed by atoms with Crippen LogP contribution in [0.2, 0.25) is 0 Å². The molecule has 0 amide bonds. The second-order valence-corrected chi connectivity index (χ2v) is 9.11. The van der Waals surface area contributed by atoms with Gasteiger partial charge in [-0.05, 0) is 36.7 Å². The molecule has 1 fully saturated rings. The second-order valence-electron chi connectivity index (χ2n) is 8.73. The highest BCUT2D eigenvalue weighted by Crippen LogP contribution is 2.35. The highest BCUT2D eigenvalue weighted by atomic mass is 32.1. The molecule has 2 aliphatic rings. The third-order valence-corrected chi connectivity index (χ3v) is 6.13. The first-order chi connectivity index (χ1) is 15.5. The van der Waals surface area contributed by atoms with E-state index in [0.717, 1.165) is 63.3 Å². The predicted molar refractivity (Wildman–Crippen MR) is 128 cm³/mol. The van der Waals surface area contributed by atoms with Crippen LogP contribution in [0.25, 0.3) is 10.9 Å². The summed E-state index contributed by atoms with van der Waals surface area (Å²) in [5.74, 6) is 1.84. The Labute approximate surface area is 193 Å². The van der Waals surface area contributed by atoms with E-state index < -0.39 is 0 Å². The van der Waals surface area contributed by atoms with Crippen LogP contribution in [0.5, 0.6) is 11.5 Å². The van der Waals surface area contributed by atoms with Crippen molar-refractivity contribution < 1.29 is 14.2 Å². The summed E-state index contributed by atoms with van der Waals surface area (Å²) in [6.45, 7) is 11.1. The Hall–Kier alpha value is -2.36. The molecule has 0 radical (unpaired) electrons. The number of fused-ring (bicyclic) bond motifs is 2. The van der Waals surface area contributed by atoms with Crippen molar-refractivity contribution in [1.29, 1.82) is 0 Å². The molecule has 2 aliphatic heterocycles. The maximum Gasteiger partial charge on any atom is 0.253 e. The lowest BCUT2D eigenvalue weighted by molar-refractivity contribution is 0.0367. The minimum Gasteiger partial charge on any atom is -0.454 e. The Bertz CT molecular complexity index is 1000. The maximum atomic E-state index is 12.8. The number of morpholine rings is 1. The van der Waals surface area contributed by atoms with Gasteiger partial charge in [-0.1, -0.05) is 13.8 Å². The summed E-state index contributed by atoms with van der Waals surface area (Å²) in [6, 6.07) is 5.66. The van der Waals surface area contributed by atoms with Gasteiger partial charge in [-0.25, -0.2) is 0 Å². The Morgan fingerprint density at radius 3 is 2.72 bits per heavy atom. The Balaban J connectivity index is 1.48. The van der Waals surface area contributed by atoms with Gasteiger partial charge in [-0.2, -0.15) is 0 Å². The van der Waals surface area contributed by atoms with Crippen LogP contribution in [0.15, 0.2) is 23.0 Å². The molecule has 2 N–H and O–H groups in total. The number of aromatic nitrogens is 1. The van der Waals surface area contributed by atoms with Crippen LogP contribution in [0.1, 0.15) is 25.8 Å². The first-order valence-corrected chi connectivity index (χ1v) is 11.7. The molecule has 0 aliphatic carbocycles. The lowest BCUT2D eigenvalue weighted by atomic mass is 10.1. The number of nitrogens with zero attached hydrogens (tertiary/aromatic N) is 2. The molecule has 0 unspecified atom stereocenters. The summed E-state index contributed by atoms with van der Waals surface area (Å²) >= 11 is 5.70. The van der Waals surface area contributed by atoms with Gasteiger partial charge in [0.2, 0.25) is 6.79 Å². The zero-order chi connectivity index (χ0) is 22.5. The third kappa shape index (κ3) is 5.70. The molecule has 1 aromatic carbocycles. The summed E-state index contributed by atoms with van der Waals surface area (Å²) < 4.78 is 16.4. The summed E-state index contributed by atoms with van der Waals surface area (Å²) in [5, 5.41) is 4.96.